The van der Waals surface area contributed by atoms with Gasteiger partial charge in [-0.1, -0.05) is 0 Å². The first-order chi connectivity index (χ1) is 14.8. The molecule has 0 amide bonds. The van der Waals surface area contributed by atoms with Gasteiger partial charge in [0.2, 0.25) is 5.95 Å². The van der Waals surface area contributed by atoms with Crippen LogP contribution in [0.4, 0.5) is 5.95 Å². The number of aromatic amines is 1. The molecule has 3 aromatic rings. The van der Waals surface area contributed by atoms with Crippen LogP contribution >= 0.6 is 0 Å². The number of anilines is 1. The second-order valence-electron chi connectivity index (χ2n) is 6.76. The van der Waals surface area contributed by atoms with Crippen LogP contribution in [0.3, 0.4) is 0 Å². The van der Waals surface area contributed by atoms with Gasteiger partial charge in [0.1, 0.15) is 11.6 Å². The Morgan fingerprint density at radius 2 is 1.87 bits per heavy atom. The van der Waals surface area contributed by atoms with Crippen molar-refractivity contribution in [2.24, 2.45) is 4.99 Å². The van der Waals surface area contributed by atoms with Crippen molar-refractivity contribution < 1.29 is 4.74 Å². The Morgan fingerprint density at radius 1 is 1.13 bits per heavy atom. The Balaban J connectivity index is 1.31. The first-order valence-corrected chi connectivity index (χ1v) is 9.80. The Hall–Kier alpha value is -3.69. The normalized spacial score (nSPS) is 14.7. The molecule has 4 rings (SSSR count). The van der Waals surface area contributed by atoms with Crippen molar-refractivity contribution in [2.45, 2.75) is 6.54 Å². The molecule has 0 bridgehead atoms. The summed E-state index contributed by atoms with van der Waals surface area (Å²) in [7, 11) is 3.44. The molecule has 3 heterocycles. The maximum Gasteiger partial charge on any atom is 0.225 e. The van der Waals surface area contributed by atoms with Crippen molar-refractivity contribution in [3.8, 4) is 17.1 Å². The number of piperazine rings is 1. The number of hydrogen-bond donors (Lipinski definition) is 2. The van der Waals surface area contributed by atoms with Gasteiger partial charge in [0.25, 0.3) is 0 Å². The molecule has 0 radical (unpaired) electrons. The SMILES string of the molecule is CN=C(NCc1nc(-c2ccc(OC)cc2)n[nH]1)N1CCN(c2ncccn2)CC1. The highest BCUT2D eigenvalue weighted by atomic mass is 16.5. The molecular formula is C20H25N9O. The Labute approximate surface area is 175 Å². The Kier molecular flexibility index (Phi) is 6.02. The summed E-state index contributed by atoms with van der Waals surface area (Å²) in [5.74, 6) is 3.82. The topological polar surface area (TPSA) is 107 Å². The third kappa shape index (κ3) is 4.48. The molecule has 1 aliphatic heterocycles. The third-order valence-electron chi connectivity index (χ3n) is 4.92. The number of nitrogens with one attached hydrogen (secondary N) is 2. The van der Waals surface area contributed by atoms with Gasteiger partial charge in [0, 0.05) is 51.2 Å². The first-order valence-electron chi connectivity index (χ1n) is 9.80. The van der Waals surface area contributed by atoms with E-state index in [0.717, 1.165) is 55.2 Å². The number of benzene rings is 1. The lowest BCUT2D eigenvalue weighted by Gasteiger charge is -2.36. The largest absolute Gasteiger partial charge is 0.497 e. The van der Waals surface area contributed by atoms with Crippen molar-refractivity contribution in [1.82, 2.24) is 35.4 Å². The molecule has 2 N–H and O–H groups in total. The lowest BCUT2D eigenvalue weighted by molar-refractivity contribution is 0.369. The molecule has 1 saturated heterocycles. The van der Waals surface area contributed by atoms with Crippen molar-refractivity contribution in [1.29, 1.82) is 0 Å². The molecular weight excluding hydrogens is 382 g/mol. The summed E-state index contributed by atoms with van der Waals surface area (Å²) in [6, 6.07) is 9.49. The van der Waals surface area contributed by atoms with Crippen molar-refractivity contribution in [2.75, 3.05) is 45.2 Å². The molecule has 1 aromatic carbocycles. The number of guanidine groups is 1. The van der Waals surface area contributed by atoms with Gasteiger partial charge in [0.05, 0.1) is 13.7 Å². The van der Waals surface area contributed by atoms with Gasteiger partial charge in [-0.15, -0.1) is 0 Å². The van der Waals surface area contributed by atoms with Crippen molar-refractivity contribution in [3.05, 3.63) is 48.5 Å². The summed E-state index contributed by atoms with van der Waals surface area (Å²) in [5, 5.41) is 10.7. The predicted octanol–water partition coefficient (Wildman–Crippen LogP) is 1.17. The van der Waals surface area contributed by atoms with E-state index in [1.807, 2.05) is 30.3 Å². The molecule has 1 aliphatic rings. The van der Waals surface area contributed by atoms with Gasteiger partial charge in [0.15, 0.2) is 11.8 Å². The zero-order chi connectivity index (χ0) is 20.8. The molecule has 30 heavy (non-hydrogen) atoms. The number of hydrogen-bond acceptors (Lipinski definition) is 7. The maximum absolute atomic E-state index is 5.19. The molecule has 0 saturated carbocycles. The lowest BCUT2D eigenvalue weighted by Crippen LogP contribution is -2.52. The Morgan fingerprint density at radius 3 is 2.53 bits per heavy atom. The highest BCUT2D eigenvalue weighted by molar-refractivity contribution is 5.80. The summed E-state index contributed by atoms with van der Waals surface area (Å²) < 4.78 is 5.19. The van der Waals surface area contributed by atoms with E-state index in [9.17, 15) is 0 Å². The van der Waals surface area contributed by atoms with Crippen LogP contribution in [0.15, 0.2) is 47.7 Å². The summed E-state index contributed by atoms with van der Waals surface area (Å²) >= 11 is 0. The van der Waals surface area contributed by atoms with Crippen LogP contribution in [0.2, 0.25) is 0 Å². The average molecular weight is 407 g/mol. The minimum absolute atomic E-state index is 0.512. The average Bonchev–Trinajstić information content (AvgIpc) is 3.29. The monoisotopic (exact) mass is 407 g/mol. The highest BCUT2D eigenvalue weighted by Gasteiger charge is 2.21. The summed E-state index contributed by atoms with van der Waals surface area (Å²) in [6.07, 6.45) is 3.54. The smallest absolute Gasteiger partial charge is 0.225 e. The number of rotatable bonds is 5. The van der Waals surface area contributed by atoms with E-state index < -0.39 is 0 Å². The van der Waals surface area contributed by atoms with Crippen LogP contribution < -0.4 is 15.0 Å². The van der Waals surface area contributed by atoms with Gasteiger partial charge in [-0.05, 0) is 30.3 Å². The quantitative estimate of drug-likeness (QED) is 0.479. The van der Waals surface area contributed by atoms with Crippen LogP contribution in [-0.2, 0) is 6.54 Å². The van der Waals surface area contributed by atoms with E-state index in [4.69, 9.17) is 4.74 Å². The fourth-order valence-electron chi connectivity index (χ4n) is 3.31. The predicted molar refractivity (Wildman–Crippen MR) is 114 cm³/mol. The lowest BCUT2D eigenvalue weighted by atomic mass is 10.2. The summed E-state index contributed by atoms with van der Waals surface area (Å²) in [6.45, 7) is 3.87. The van der Waals surface area contributed by atoms with Crippen LogP contribution in [0, 0.1) is 0 Å². The molecule has 0 atom stereocenters. The molecule has 2 aromatic heterocycles. The van der Waals surface area contributed by atoms with E-state index in [0.29, 0.717) is 12.4 Å². The van der Waals surface area contributed by atoms with E-state index in [2.05, 4.69) is 45.3 Å². The van der Waals surface area contributed by atoms with Gasteiger partial charge >= 0.3 is 0 Å². The van der Waals surface area contributed by atoms with E-state index in [1.54, 1.807) is 26.6 Å². The number of aliphatic imine (C=N–C) groups is 1. The number of methoxy groups -OCH3 is 1. The van der Waals surface area contributed by atoms with Crippen LogP contribution in [0.1, 0.15) is 5.82 Å². The number of H-pyrrole nitrogens is 1. The third-order valence-corrected chi connectivity index (χ3v) is 4.92. The summed E-state index contributed by atoms with van der Waals surface area (Å²) in [5.41, 5.74) is 0.932. The zero-order valence-corrected chi connectivity index (χ0v) is 17.1. The molecule has 10 heteroatoms. The van der Waals surface area contributed by atoms with Crippen LogP contribution in [-0.4, -0.2) is 76.3 Å². The minimum Gasteiger partial charge on any atom is -0.497 e. The molecule has 0 aliphatic carbocycles. The molecule has 10 nitrogen and oxygen atoms in total. The first kappa shape index (κ1) is 19.6. The fourth-order valence-corrected chi connectivity index (χ4v) is 3.31. The van der Waals surface area contributed by atoms with E-state index in [-0.39, 0.29) is 0 Å². The van der Waals surface area contributed by atoms with Gasteiger partial charge in [-0.3, -0.25) is 10.1 Å². The standard InChI is InChI=1S/C20H25N9O/c1-21-19(28-10-12-29(13-11-28)20-22-8-3-9-23-20)24-14-17-25-18(27-26-17)15-4-6-16(30-2)7-5-15/h3-9H,10-14H2,1-2H3,(H,21,24)(H,25,26,27). The second-order valence-corrected chi connectivity index (χ2v) is 6.76. The second kappa shape index (κ2) is 9.21. The number of nitrogens with zero attached hydrogens (tertiary/aromatic N) is 7. The van der Waals surface area contributed by atoms with Crippen molar-refractivity contribution >= 4 is 11.9 Å². The van der Waals surface area contributed by atoms with Crippen LogP contribution in [0.25, 0.3) is 11.4 Å². The van der Waals surface area contributed by atoms with Crippen molar-refractivity contribution in [3.63, 3.8) is 0 Å². The van der Waals surface area contributed by atoms with Gasteiger partial charge in [-0.2, -0.15) is 5.10 Å². The van der Waals surface area contributed by atoms with Crippen LogP contribution in [0.5, 0.6) is 5.75 Å². The number of aromatic nitrogens is 5. The zero-order valence-electron chi connectivity index (χ0n) is 17.1. The molecule has 1 fully saturated rings. The molecule has 0 spiro atoms. The highest BCUT2D eigenvalue weighted by Crippen LogP contribution is 2.19. The van der Waals surface area contributed by atoms with Gasteiger partial charge in [-0.25, -0.2) is 15.0 Å². The van der Waals surface area contributed by atoms with E-state index >= 15 is 0 Å². The minimum atomic E-state index is 0.512. The summed E-state index contributed by atoms with van der Waals surface area (Å²) in [4.78, 5) is 22.0. The fraction of sp³-hybridized carbons (Fsp3) is 0.350. The Bertz CT molecular complexity index is 963. The maximum atomic E-state index is 5.19. The number of ether oxygens (including phenoxy) is 1. The van der Waals surface area contributed by atoms with Gasteiger partial charge < -0.3 is 19.9 Å². The van der Waals surface area contributed by atoms with E-state index in [1.165, 1.54) is 0 Å². The molecule has 156 valence electrons. The molecule has 0 unspecified atom stereocenters.